The number of piperidine rings is 1. The van der Waals surface area contributed by atoms with E-state index in [4.69, 9.17) is 9.47 Å². The number of ether oxygens (including phenoxy) is 2. The van der Waals surface area contributed by atoms with Crippen molar-refractivity contribution in [1.29, 1.82) is 0 Å². The van der Waals surface area contributed by atoms with E-state index in [1.165, 1.54) is 0 Å². The number of carbonyl (C=O) groups excluding carboxylic acids is 1. The Morgan fingerprint density at radius 1 is 0.921 bits per heavy atom. The predicted molar refractivity (Wildman–Crippen MR) is 152 cm³/mol. The van der Waals surface area contributed by atoms with Crippen molar-refractivity contribution in [2.75, 3.05) is 44.7 Å². The minimum atomic E-state index is -1.37. The van der Waals surface area contributed by atoms with E-state index in [2.05, 4.69) is 24.1 Å². The van der Waals surface area contributed by atoms with Crippen molar-refractivity contribution < 1.29 is 18.5 Å². The molecule has 7 nitrogen and oxygen atoms in total. The minimum Gasteiger partial charge on any atom is -0.494 e. The molecule has 8 heteroatoms. The van der Waals surface area contributed by atoms with Gasteiger partial charge in [0.05, 0.1) is 11.5 Å². The van der Waals surface area contributed by atoms with E-state index in [0.29, 0.717) is 23.8 Å². The molecule has 1 fully saturated rings. The average molecular weight is 536 g/mol. The summed E-state index contributed by atoms with van der Waals surface area (Å²) in [6.07, 6.45) is 1.92. The fraction of sp³-hybridized carbons (Fsp3) is 0.367. The summed E-state index contributed by atoms with van der Waals surface area (Å²) in [7, 11) is 2.54. The van der Waals surface area contributed by atoms with E-state index >= 15 is 0 Å². The standard InChI is InChI=1S/C30H37N3O4S/c1-4-36-27-14-16-29(17-15-27)38(35)32(3)25-10-12-28(13-11-25)37-23-30(34)33(22-24-8-6-5-7-9-24)26-18-20-31(2)21-19-26/h5-17,26H,4,18-23H2,1-3H3. The highest BCUT2D eigenvalue weighted by Gasteiger charge is 2.27. The number of carbonyl (C=O) groups is 1. The Labute approximate surface area is 228 Å². The maximum absolute atomic E-state index is 13.3. The number of amides is 1. The highest BCUT2D eigenvalue weighted by atomic mass is 32.2. The summed E-state index contributed by atoms with van der Waals surface area (Å²) in [6.45, 7) is 5.05. The molecule has 1 saturated heterocycles. The molecule has 38 heavy (non-hydrogen) atoms. The van der Waals surface area contributed by atoms with Crippen LogP contribution < -0.4 is 13.8 Å². The molecule has 0 saturated carbocycles. The second kappa shape index (κ2) is 13.4. The summed E-state index contributed by atoms with van der Waals surface area (Å²) in [5.74, 6) is 1.34. The summed E-state index contributed by atoms with van der Waals surface area (Å²) < 4.78 is 26.1. The molecule has 4 rings (SSSR count). The number of anilines is 1. The molecule has 3 aromatic rings. The lowest BCUT2D eigenvalue weighted by Gasteiger charge is -2.37. The van der Waals surface area contributed by atoms with Gasteiger partial charge in [-0.2, -0.15) is 0 Å². The Morgan fingerprint density at radius 2 is 1.53 bits per heavy atom. The van der Waals surface area contributed by atoms with Crippen molar-refractivity contribution in [3.63, 3.8) is 0 Å². The molecule has 0 spiro atoms. The van der Waals surface area contributed by atoms with Crippen molar-refractivity contribution in [2.45, 2.75) is 37.2 Å². The van der Waals surface area contributed by atoms with Crippen LogP contribution in [0.5, 0.6) is 11.5 Å². The SMILES string of the molecule is CCOc1ccc(S(=O)N(C)c2ccc(OCC(=O)N(Cc3ccccc3)C3CCN(C)CC3)cc2)cc1. The van der Waals surface area contributed by atoms with Gasteiger partial charge >= 0.3 is 0 Å². The molecule has 1 aliphatic rings. The van der Waals surface area contributed by atoms with Crippen LogP contribution in [0.4, 0.5) is 5.69 Å². The molecule has 1 atom stereocenters. The van der Waals surface area contributed by atoms with E-state index in [9.17, 15) is 9.00 Å². The first-order valence-electron chi connectivity index (χ1n) is 13.1. The molecule has 1 heterocycles. The van der Waals surface area contributed by atoms with Crippen LogP contribution in [-0.4, -0.2) is 66.4 Å². The maximum atomic E-state index is 13.3. The third kappa shape index (κ3) is 7.36. The van der Waals surface area contributed by atoms with E-state index in [-0.39, 0.29) is 18.6 Å². The molecular weight excluding hydrogens is 498 g/mol. The van der Waals surface area contributed by atoms with Gasteiger partial charge in [0.25, 0.3) is 5.91 Å². The summed E-state index contributed by atoms with van der Waals surface area (Å²) in [5, 5.41) is 0. The van der Waals surface area contributed by atoms with Gasteiger partial charge < -0.3 is 19.3 Å². The largest absolute Gasteiger partial charge is 0.494 e. The Kier molecular flexibility index (Phi) is 9.79. The quantitative estimate of drug-likeness (QED) is 0.355. The van der Waals surface area contributed by atoms with Crippen molar-refractivity contribution in [3.8, 4) is 11.5 Å². The molecule has 1 aliphatic heterocycles. The topological polar surface area (TPSA) is 62.3 Å². The lowest BCUT2D eigenvalue weighted by Crippen LogP contribution is -2.47. The zero-order valence-electron chi connectivity index (χ0n) is 22.4. The molecule has 1 amide bonds. The highest BCUT2D eigenvalue weighted by molar-refractivity contribution is 7.86. The number of benzene rings is 3. The Bertz CT molecular complexity index is 1180. The molecule has 0 bridgehead atoms. The van der Waals surface area contributed by atoms with Gasteiger partial charge in [0.1, 0.15) is 11.5 Å². The van der Waals surface area contributed by atoms with Crippen LogP contribution in [0.3, 0.4) is 0 Å². The van der Waals surface area contributed by atoms with E-state index in [0.717, 1.165) is 42.9 Å². The van der Waals surface area contributed by atoms with Crippen molar-refractivity contribution in [3.05, 3.63) is 84.4 Å². The average Bonchev–Trinajstić information content (AvgIpc) is 2.96. The van der Waals surface area contributed by atoms with Crippen LogP contribution >= 0.6 is 0 Å². The van der Waals surface area contributed by atoms with Crippen LogP contribution in [0.15, 0.2) is 83.8 Å². The molecule has 0 aromatic heterocycles. The van der Waals surface area contributed by atoms with Crippen molar-refractivity contribution in [2.24, 2.45) is 0 Å². The summed E-state index contributed by atoms with van der Waals surface area (Å²) in [4.78, 5) is 18.3. The van der Waals surface area contributed by atoms with Gasteiger partial charge in [-0.15, -0.1) is 0 Å². The minimum absolute atomic E-state index is 0.0128. The lowest BCUT2D eigenvalue weighted by molar-refractivity contribution is -0.137. The van der Waals surface area contributed by atoms with Gasteiger partial charge in [-0.3, -0.25) is 9.10 Å². The summed E-state index contributed by atoms with van der Waals surface area (Å²) in [6, 6.07) is 24.9. The Balaban J connectivity index is 1.36. The zero-order chi connectivity index (χ0) is 26.9. The van der Waals surface area contributed by atoms with Crippen LogP contribution in [0.25, 0.3) is 0 Å². The molecule has 0 radical (unpaired) electrons. The number of rotatable bonds is 11. The number of hydrogen-bond donors (Lipinski definition) is 0. The van der Waals surface area contributed by atoms with Gasteiger partial charge in [0.2, 0.25) is 0 Å². The normalized spacial score (nSPS) is 15.0. The molecule has 202 valence electrons. The van der Waals surface area contributed by atoms with Gasteiger partial charge in [0, 0.05) is 25.3 Å². The van der Waals surface area contributed by atoms with Gasteiger partial charge in [0.15, 0.2) is 17.6 Å². The summed E-state index contributed by atoms with van der Waals surface area (Å²) >= 11 is 0. The van der Waals surface area contributed by atoms with Crippen LogP contribution in [0.2, 0.25) is 0 Å². The molecule has 0 aliphatic carbocycles. The van der Waals surface area contributed by atoms with E-state index in [1.807, 2.05) is 78.6 Å². The zero-order valence-corrected chi connectivity index (χ0v) is 23.2. The smallest absolute Gasteiger partial charge is 0.261 e. The summed E-state index contributed by atoms with van der Waals surface area (Å²) in [5.41, 5.74) is 1.90. The van der Waals surface area contributed by atoms with E-state index < -0.39 is 11.0 Å². The third-order valence-electron chi connectivity index (χ3n) is 6.79. The molecular formula is C30H37N3O4S. The predicted octanol–water partition coefficient (Wildman–Crippen LogP) is 4.75. The highest BCUT2D eigenvalue weighted by Crippen LogP contribution is 2.24. The van der Waals surface area contributed by atoms with Crippen LogP contribution in [-0.2, 0) is 22.3 Å². The maximum Gasteiger partial charge on any atom is 0.261 e. The fourth-order valence-electron chi connectivity index (χ4n) is 4.56. The first-order chi connectivity index (χ1) is 18.4. The van der Waals surface area contributed by atoms with E-state index in [1.54, 1.807) is 11.4 Å². The second-order valence-electron chi connectivity index (χ2n) is 9.48. The van der Waals surface area contributed by atoms with Crippen LogP contribution in [0.1, 0.15) is 25.3 Å². The van der Waals surface area contributed by atoms with Crippen molar-refractivity contribution in [1.82, 2.24) is 9.80 Å². The number of nitrogens with zero attached hydrogens (tertiary/aromatic N) is 3. The Hall–Kier alpha value is -3.36. The third-order valence-corrected chi connectivity index (χ3v) is 8.18. The number of hydrogen-bond acceptors (Lipinski definition) is 5. The Morgan fingerprint density at radius 3 is 2.16 bits per heavy atom. The monoisotopic (exact) mass is 535 g/mol. The molecule has 3 aromatic carbocycles. The first-order valence-corrected chi connectivity index (χ1v) is 14.2. The lowest BCUT2D eigenvalue weighted by atomic mass is 10.0. The van der Waals surface area contributed by atoms with Gasteiger partial charge in [-0.1, -0.05) is 30.3 Å². The van der Waals surface area contributed by atoms with Crippen LogP contribution in [0, 0.1) is 0 Å². The van der Waals surface area contributed by atoms with Gasteiger partial charge in [-0.25, -0.2) is 4.21 Å². The molecule has 1 unspecified atom stereocenters. The van der Waals surface area contributed by atoms with Crippen molar-refractivity contribution >= 4 is 22.6 Å². The fourth-order valence-corrected chi connectivity index (χ4v) is 5.56. The first kappa shape index (κ1) is 27.7. The molecule has 0 N–H and O–H groups in total. The number of likely N-dealkylation sites (tertiary alicyclic amines) is 1. The van der Waals surface area contributed by atoms with Gasteiger partial charge in [-0.05, 0) is 94.0 Å². The second-order valence-corrected chi connectivity index (χ2v) is 11.0.